The molecule has 4 heterocycles. The summed E-state index contributed by atoms with van der Waals surface area (Å²) in [4.78, 5) is 30.3. The van der Waals surface area contributed by atoms with Gasteiger partial charge in [0.25, 0.3) is 18.3 Å². The fourth-order valence-electron chi connectivity index (χ4n) is 5.61. The molecule has 2 saturated carbocycles. The first kappa shape index (κ1) is 28.2. The quantitative estimate of drug-likeness (QED) is 0.370. The van der Waals surface area contributed by atoms with Crippen LogP contribution in [-0.2, 0) is 0 Å². The van der Waals surface area contributed by atoms with Crippen molar-refractivity contribution in [1.82, 2.24) is 40.4 Å². The summed E-state index contributed by atoms with van der Waals surface area (Å²) >= 11 is 0. The molecule has 1 saturated heterocycles. The van der Waals surface area contributed by atoms with Gasteiger partial charge in [0.2, 0.25) is 5.92 Å². The average molecular weight is 601 g/mol. The molecule has 3 aromatic rings. The molecule has 226 valence electrons. The number of carbonyl (C=O) groups is 2. The van der Waals surface area contributed by atoms with Gasteiger partial charge in [-0.15, -0.1) is 0 Å². The summed E-state index contributed by atoms with van der Waals surface area (Å²) in [5.41, 5.74) is 0.420. The van der Waals surface area contributed by atoms with Crippen molar-refractivity contribution in [2.75, 3.05) is 13.1 Å². The summed E-state index contributed by atoms with van der Waals surface area (Å²) in [7, 11) is 0. The molecule has 0 spiro atoms. The fourth-order valence-corrected chi connectivity index (χ4v) is 5.61. The van der Waals surface area contributed by atoms with Crippen molar-refractivity contribution in [1.29, 1.82) is 0 Å². The number of halogens is 6. The van der Waals surface area contributed by atoms with Crippen molar-refractivity contribution in [3.05, 3.63) is 41.1 Å². The third-order valence-corrected chi connectivity index (χ3v) is 7.97. The van der Waals surface area contributed by atoms with E-state index < -0.39 is 74.1 Å². The van der Waals surface area contributed by atoms with Gasteiger partial charge in [-0.3, -0.25) is 4.79 Å². The van der Waals surface area contributed by atoms with Crippen LogP contribution in [0, 0.1) is 5.92 Å². The van der Waals surface area contributed by atoms with E-state index in [1.807, 2.05) is 5.32 Å². The highest BCUT2D eigenvalue weighted by molar-refractivity contribution is 5.93. The summed E-state index contributed by atoms with van der Waals surface area (Å²) in [6, 6.07) is -2.79. The summed E-state index contributed by atoms with van der Waals surface area (Å²) in [6.45, 7) is -2.18. The molecule has 0 aromatic carbocycles. The third kappa shape index (κ3) is 5.60. The first-order chi connectivity index (χ1) is 19.9. The van der Waals surface area contributed by atoms with Crippen molar-refractivity contribution in [2.45, 2.75) is 74.8 Å². The van der Waals surface area contributed by atoms with Crippen LogP contribution in [0.4, 0.5) is 31.1 Å². The van der Waals surface area contributed by atoms with Crippen LogP contribution in [0.2, 0.25) is 0 Å². The van der Waals surface area contributed by atoms with Crippen molar-refractivity contribution in [3.63, 3.8) is 0 Å². The average Bonchev–Trinajstić information content (AvgIpc) is 3.49. The van der Waals surface area contributed by atoms with Gasteiger partial charge in [0.15, 0.2) is 11.3 Å². The molecule has 3 fully saturated rings. The molecule has 1 aliphatic heterocycles. The number of aromatic nitrogens is 5. The number of amides is 3. The number of urea groups is 1. The van der Waals surface area contributed by atoms with E-state index in [0.29, 0.717) is 10.6 Å². The van der Waals surface area contributed by atoms with Crippen LogP contribution < -0.4 is 10.6 Å². The van der Waals surface area contributed by atoms with Crippen LogP contribution in [0.15, 0.2) is 23.1 Å². The SMILES string of the molecule is O=C(NC(c1cn2ncc(C(C(F)F)N3CC(F)(F)CNC3=O)cc2n1)C1CCC(F)(F)CC1)c1nonc1C1CC1. The number of hydrogen-bond acceptors (Lipinski definition) is 7. The van der Waals surface area contributed by atoms with E-state index in [4.69, 9.17) is 4.63 Å². The highest BCUT2D eigenvalue weighted by Crippen LogP contribution is 2.43. The van der Waals surface area contributed by atoms with Gasteiger partial charge in [0, 0.05) is 24.3 Å². The molecular formula is C25H26F6N8O3. The van der Waals surface area contributed by atoms with Gasteiger partial charge in [-0.05, 0) is 42.8 Å². The number of rotatable bonds is 8. The van der Waals surface area contributed by atoms with Crippen LogP contribution in [0.3, 0.4) is 0 Å². The molecule has 17 heteroatoms. The second-order valence-electron chi connectivity index (χ2n) is 11.1. The Hall–Kier alpha value is -3.92. The summed E-state index contributed by atoms with van der Waals surface area (Å²) in [5.74, 6) is -7.28. The molecule has 3 aliphatic rings. The number of fused-ring (bicyclic) bond motifs is 1. The molecule has 3 amide bonds. The van der Waals surface area contributed by atoms with Crippen LogP contribution >= 0.6 is 0 Å². The monoisotopic (exact) mass is 600 g/mol. The normalized spacial score (nSPS) is 22.3. The highest BCUT2D eigenvalue weighted by atomic mass is 19.3. The van der Waals surface area contributed by atoms with Gasteiger partial charge in [0.05, 0.1) is 37.2 Å². The minimum absolute atomic E-state index is 0.0100. The third-order valence-electron chi connectivity index (χ3n) is 7.97. The van der Waals surface area contributed by atoms with E-state index in [0.717, 1.165) is 19.0 Å². The molecule has 0 bridgehead atoms. The van der Waals surface area contributed by atoms with Crippen LogP contribution in [0.5, 0.6) is 0 Å². The van der Waals surface area contributed by atoms with Gasteiger partial charge in [-0.1, -0.05) is 5.16 Å². The lowest BCUT2D eigenvalue weighted by Crippen LogP contribution is -2.58. The lowest BCUT2D eigenvalue weighted by molar-refractivity contribution is -0.0638. The lowest BCUT2D eigenvalue weighted by atomic mass is 9.81. The van der Waals surface area contributed by atoms with Crippen LogP contribution in [0.25, 0.3) is 5.65 Å². The lowest BCUT2D eigenvalue weighted by Gasteiger charge is -2.37. The largest absolute Gasteiger partial charge is 0.342 e. The summed E-state index contributed by atoms with van der Waals surface area (Å²) in [5, 5.41) is 16.4. The van der Waals surface area contributed by atoms with E-state index in [1.165, 1.54) is 16.8 Å². The second kappa shape index (κ2) is 10.4. The molecular weight excluding hydrogens is 574 g/mol. The molecule has 6 rings (SSSR count). The minimum atomic E-state index is -3.42. The Balaban J connectivity index is 1.32. The summed E-state index contributed by atoms with van der Waals surface area (Å²) < 4.78 is 90.2. The standard InChI is InChI=1S/C25H26F6N8O3/c26-21(27)20(38-11-25(30,31)10-32-23(38)41)14-7-16-34-15(9-39(16)33-8-14)17(13-3-5-24(28,29)6-4-13)35-22(40)19-18(12-1-2-12)36-42-37-19/h7-9,12-13,17,20-21H,1-6,10-11H2,(H,32,41)(H,35,40). The van der Waals surface area contributed by atoms with Gasteiger partial charge >= 0.3 is 6.03 Å². The smallest absolute Gasteiger partial charge is 0.318 e. The van der Waals surface area contributed by atoms with Gasteiger partial charge in [0.1, 0.15) is 11.7 Å². The number of imidazole rings is 1. The zero-order valence-corrected chi connectivity index (χ0v) is 22.0. The maximum absolute atomic E-state index is 14.2. The number of hydrogen-bond donors (Lipinski definition) is 2. The minimum Gasteiger partial charge on any atom is -0.342 e. The maximum atomic E-state index is 14.2. The van der Waals surface area contributed by atoms with Gasteiger partial charge in [-0.2, -0.15) is 5.10 Å². The number of nitrogens with zero attached hydrogens (tertiary/aromatic N) is 6. The van der Waals surface area contributed by atoms with Gasteiger partial charge in [-0.25, -0.2) is 45.3 Å². The first-order valence-corrected chi connectivity index (χ1v) is 13.5. The van der Waals surface area contributed by atoms with E-state index in [-0.39, 0.29) is 41.4 Å². The molecule has 0 radical (unpaired) electrons. The van der Waals surface area contributed by atoms with Crippen molar-refractivity contribution < 1.29 is 40.6 Å². The molecule has 2 atom stereocenters. The van der Waals surface area contributed by atoms with Crippen LogP contribution in [0.1, 0.15) is 84.0 Å². The molecule has 2 aliphatic carbocycles. The Morgan fingerprint density at radius 3 is 2.52 bits per heavy atom. The van der Waals surface area contributed by atoms with E-state index in [9.17, 15) is 35.9 Å². The Bertz CT molecular complexity index is 1480. The Morgan fingerprint density at radius 1 is 1.10 bits per heavy atom. The highest BCUT2D eigenvalue weighted by Gasteiger charge is 2.45. The fraction of sp³-hybridized carbons (Fsp3) is 0.600. The van der Waals surface area contributed by atoms with Crippen molar-refractivity contribution in [3.8, 4) is 0 Å². The molecule has 2 N–H and O–H groups in total. The predicted octanol–water partition coefficient (Wildman–Crippen LogP) is 4.25. The Labute approximate surface area is 234 Å². The first-order valence-electron chi connectivity index (χ1n) is 13.5. The molecule has 3 aromatic heterocycles. The second-order valence-corrected chi connectivity index (χ2v) is 11.1. The Kier molecular flexibility index (Phi) is 7.00. The van der Waals surface area contributed by atoms with Gasteiger partial charge < -0.3 is 15.5 Å². The maximum Gasteiger partial charge on any atom is 0.318 e. The number of nitrogens with one attached hydrogen (secondary N) is 2. The molecule has 11 nitrogen and oxygen atoms in total. The number of alkyl halides is 6. The predicted molar refractivity (Wildman–Crippen MR) is 130 cm³/mol. The van der Waals surface area contributed by atoms with E-state index in [1.54, 1.807) is 0 Å². The molecule has 2 unspecified atom stereocenters. The Morgan fingerprint density at radius 2 is 1.83 bits per heavy atom. The summed E-state index contributed by atoms with van der Waals surface area (Å²) in [6.07, 6.45) is 0.237. The van der Waals surface area contributed by atoms with Crippen molar-refractivity contribution >= 4 is 17.6 Å². The van der Waals surface area contributed by atoms with E-state index in [2.05, 4.69) is 25.7 Å². The topological polar surface area (TPSA) is 131 Å². The van der Waals surface area contributed by atoms with E-state index >= 15 is 0 Å². The number of carbonyl (C=O) groups excluding carboxylic acids is 2. The van der Waals surface area contributed by atoms with Crippen LogP contribution in [-0.4, -0.2) is 73.1 Å². The zero-order chi connectivity index (χ0) is 29.8. The van der Waals surface area contributed by atoms with Crippen molar-refractivity contribution in [2.24, 2.45) is 5.92 Å². The zero-order valence-electron chi connectivity index (χ0n) is 22.0. The molecule has 42 heavy (non-hydrogen) atoms.